The largest absolute Gasteiger partial charge is 0.432 e. The molecule has 0 N–H and O–H groups in total. The lowest BCUT2D eigenvalue weighted by Gasteiger charge is -2.09. The SMILES string of the molecule is FC(F)(F)c1c(Br)c2cccc3c2n1CC3. The van der Waals surface area contributed by atoms with Gasteiger partial charge < -0.3 is 4.57 Å². The van der Waals surface area contributed by atoms with Crippen molar-refractivity contribution in [1.82, 2.24) is 4.57 Å². The van der Waals surface area contributed by atoms with Crippen LogP contribution in [-0.4, -0.2) is 4.57 Å². The second kappa shape index (κ2) is 3.03. The molecule has 0 atom stereocenters. The predicted octanol–water partition coefficient (Wildman–Crippen LogP) is 3.98. The van der Waals surface area contributed by atoms with Gasteiger partial charge in [-0.2, -0.15) is 13.2 Å². The molecule has 0 aliphatic carbocycles. The first kappa shape index (κ1) is 10.2. The third kappa shape index (κ3) is 1.18. The summed E-state index contributed by atoms with van der Waals surface area (Å²) in [6, 6.07) is 5.41. The molecular weight excluding hydrogens is 283 g/mol. The maximum atomic E-state index is 12.9. The fourth-order valence-corrected chi connectivity index (χ4v) is 3.14. The second-order valence-corrected chi connectivity index (χ2v) is 4.67. The predicted molar refractivity (Wildman–Crippen MR) is 58.3 cm³/mol. The van der Waals surface area contributed by atoms with Crippen LogP contribution in [0.3, 0.4) is 0 Å². The Balaban J connectivity index is 2.47. The zero-order chi connectivity index (χ0) is 11.5. The first-order valence-electron chi connectivity index (χ1n) is 4.87. The van der Waals surface area contributed by atoms with Gasteiger partial charge in [0.15, 0.2) is 0 Å². The van der Waals surface area contributed by atoms with Crippen LogP contribution in [0.15, 0.2) is 22.7 Å². The molecule has 2 aromatic rings. The third-order valence-electron chi connectivity index (χ3n) is 2.98. The smallest absolute Gasteiger partial charge is 0.335 e. The summed E-state index contributed by atoms with van der Waals surface area (Å²) in [7, 11) is 0. The van der Waals surface area contributed by atoms with Crippen molar-refractivity contribution in [2.45, 2.75) is 19.1 Å². The van der Waals surface area contributed by atoms with Gasteiger partial charge >= 0.3 is 6.18 Å². The van der Waals surface area contributed by atoms with Crippen molar-refractivity contribution >= 4 is 26.8 Å². The van der Waals surface area contributed by atoms with Gasteiger partial charge in [-0.3, -0.25) is 0 Å². The van der Waals surface area contributed by atoms with E-state index in [4.69, 9.17) is 0 Å². The molecule has 1 aromatic carbocycles. The average molecular weight is 290 g/mol. The molecule has 1 nitrogen and oxygen atoms in total. The van der Waals surface area contributed by atoms with E-state index >= 15 is 0 Å². The third-order valence-corrected chi connectivity index (χ3v) is 3.78. The molecule has 0 unspecified atom stereocenters. The van der Waals surface area contributed by atoms with Crippen molar-refractivity contribution < 1.29 is 13.2 Å². The summed E-state index contributed by atoms with van der Waals surface area (Å²) in [5.74, 6) is 0. The molecule has 0 saturated carbocycles. The Morgan fingerprint density at radius 1 is 1.25 bits per heavy atom. The van der Waals surface area contributed by atoms with E-state index in [1.54, 1.807) is 12.1 Å². The fraction of sp³-hybridized carbons (Fsp3) is 0.273. The first-order chi connectivity index (χ1) is 7.50. The van der Waals surface area contributed by atoms with Crippen molar-refractivity contribution in [3.63, 3.8) is 0 Å². The molecular formula is C11H7BrF3N. The summed E-state index contributed by atoms with van der Waals surface area (Å²) in [6.45, 7) is 0.413. The van der Waals surface area contributed by atoms with Crippen molar-refractivity contribution in [1.29, 1.82) is 0 Å². The van der Waals surface area contributed by atoms with E-state index in [1.165, 1.54) is 4.57 Å². The topological polar surface area (TPSA) is 4.93 Å². The van der Waals surface area contributed by atoms with Crippen LogP contribution in [-0.2, 0) is 19.1 Å². The lowest BCUT2D eigenvalue weighted by atomic mass is 10.1. The summed E-state index contributed by atoms with van der Waals surface area (Å²) in [5, 5.41) is 0.655. The molecule has 84 valence electrons. The van der Waals surface area contributed by atoms with Gasteiger partial charge in [0.05, 0.1) is 9.99 Å². The Labute approximate surface area is 98.0 Å². The summed E-state index contributed by atoms with van der Waals surface area (Å²) >= 11 is 3.07. The Bertz CT molecular complexity index is 583. The van der Waals surface area contributed by atoms with E-state index in [0.29, 0.717) is 18.4 Å². The molecule has 16 heavy (non-hydrogen) atoms. The van der Waals surface area contributed by atoms with Gasteiger partial charge in [-0.25, -0.2) is 0 Å². The van der Waals surface area contributed by atoms with Crippen molar-refractivity contribution in [2.24, 2.45) is 0 Å². The van der Waals surface area contributed by atoms with Crippen LogP contribution in [0.5, 0.6) is 0 Å². The highest BCUT2D eigenvalue weighted by atomic mass is 79.9. The molecule has 0 radical (unpaired) electrons. The van der Waals surface area contributed by atoms with Crippen LogP contribution >= 0.6 is 15.9 Å². The number of hydrogen-bond donors (Lipinski definition) is 0. The maximum absolute atomic E-state index is 12.9. The van der Waals surface area contributed by atoms with Crippen LogP contribution in [0.1, 0.15) is 11.3 Å². The monoisotopic (exact) mass is 289 g/mol. The Morgan fingerprint density at radius 2 is 2.00 bits per heavy atom. The Kier molecular flexibility index (Phi) is 1.93. The molecule has 5 heteroatoms. The Hall–Kier alpha value is -0.970. The van der Waals surface area contributed by atoms with Crippen LogP contribution in [0, 0.1) is 0 Å². The number of halogens is 4. The zero-order valence-corrected chi connectivity index (χ0v) is 9.69. The molecule has 1 aromatic heterocycles. The number of aromatic nitrogens is 1. The quantitative estimate of drug-likeness (QED) is 0.691. The van der Waals surface area contributed by atoms with E-state index in [-0.39, 0.29) is 4.47 Å². The number of nitrogens with zero attached hydrogens (tertiary/aromatic N) is 1. The lowest BCUT2D eigenvalue weighted by molar-refractivity contribution is -0.143. The van der Waals surface area contributed by atoms with E-state index in [1.807, 2.05) is 6.07 Å². The summed E-state index contributed by atoms with van der Waals surface area (Å²) in [4.78, 5) is 0. The van der Waals surface area contributed by atoms with Gasteiger partial charge in [0.25, 0.3) is 0 Å². The lowest BCUT2D eigenvalue weighted by Crippen LogP contribution is -2.12. The zero-order valence-electron chi connectivity index (χ0n) is 8.11. The molecule has 1 aliphatic rings. The van der Waals surface area contributed by atoms with Gasteiger partial charge in [0.1, 0.15) is 5.69 Å². The molecule has 2 heterocycles. The van der Waals surface area contributed by atoms with Crippen molar-refractivity contribution in [2.75, 3.05) is 0 Å². The summed E-state index contributed by atoms with van der Waals surface area (Å²) < 4.78 is 40.3. The molecule has 0 saturated heterocycles. The highest BCUT2D eigenvalue weighted by molar-refractivity contribution is 9.10. The normalized spacial score (nSPS) is 15.0. The fourth-order valence-electron chi connectivity index (χ4n) is 2.38. The summed E-state index contributed by atoms with van der Waals surface area (Å²) in [5.41, 5.74) is 1.16. The number of rotatable bonds is 0. The minimum atomic E-state index is -4.31. The molecule has 0 amide bonds. The van der Waals surface area contributed by atoms with E-state index < -0.39 is 11.9 Å². The minimum Gasteiger partial charge on any atom is -0.335 e. The maximum Gasteiger partial charge on any atom is 0.432 e. The molecule has 3 rings (SSSR count). The molecule has 1 aliphatic heterocycles. The second-order valence-electron chi connectivity index (χ2n) is 3.88. The van der Waals surface area contributed by atoms with Crippen molar-refractivity contribution in [3.8, 4) is 0 Å². The van der Waals surface area contributed by atoms with Gasteiger partial charge in [0, 0.05) is 11.9 Å². The van der Waals surface area contributed by atoms with E-state index in [2.05, 4.69) is 15.9 Å². The van der Waals surface area contributed by atoms with Gasteiger partial charge in [-0.15, -0.1) is 0 Å². The number of alkyl halides is 3. The molecule has 0 spiro atoms. The number of benzene rings is 1. The van der Waals surface area contributed by atoms with Crippen LogP contribution in [0.2, 0.25) is 0 Å². The first-order valence-corrected chi connectivity index (χ1v) is 5.66. The summed E-state index contributed by atoms with van der Waals surface area (Å²) in [6.07, 6.45) is -3.62. The standard InChI is InChI=1S/C11H7BrF3N/c12-8-7-3-1-2-6-4-5-16(9(6)7)10(8)11(13,14)15/h1-3H,4-5H2. The van der Waals surface area contributed by atoms with E-state index in [0.717, 1.165) is 11.1 Å². The van der Waals surface area contributed by atoms with Crippen LogP contribution < -0.4 is 0 Å². The average Bonchev–Trinajstić information content (AvgIpc) is 2.71. The van der Waals surface area contributed by atoms with Crippen LogP contribution in [0.4, 0.5) is 13.2 Å². The number of hydrogen-bond acceptors (Lipinski definition) is 0. The molecule has 0 bridgehead atoms. The van der Waals surface area contributed by atoms with E-state index in [9.17, 15) is 13.2 Å². The minimum absolute atomic E-state index is 0.163. The number of para-hydroxylation sites is 1. The van der Waals surface area contributed by atoms with Gasteiger partial charge in [-0.1, -0.05) is 18.2 Å². The van der Waals surface area contributed by atoms with Crippen LogP contribution in [0.25, 0.3) is 10.9 Å². The Morgan fingerprint density at radius 3 is 2.69 bits per heavy atom. The van der Waals surface area contributed by atoms with Gasteiger partial charge in [0.2, 0.25) is 0 Å². The molecule has 0 fully saturated rings. The van der Waals surface area contributed by atoms with Gasteiger partial charge in [-0.05, 0) is 27.9 Å². The number of aryl methyl sites for hydroxylation is 2. The highest BCUT2D eigenvalue weighted by Crippen LogP contribution is 2.44. The van der Waals surface area contributed by atoms with Crippen molar-refractivity contribution in [3.05, 3.63) is 33.9 Å². The highest BCUT2D eigenvalue weighted by Gasteiger charge is 2.40.